The fraction of sp³-hybridized carbons (Fsp3) is 0.500. The fourth-order valence-electron chi connectivity index (χ4n) is 4.73. The molecule has 1 aliphatic carbocycles. The molecule has 9 heteroatoms. The fourth-order valence-corrected chi connectivity index (χ4v) is 4.73. The molecule has 3 aliphatic rings. The zero-order valence-corrected chi connectivity index (χ0v) is 22.0. The van der Waals surface area contributed by atoms with Crippen molar-refractivity contribution < 1.29 is 18.3 Å². The number of allylic oxidation sites excluding steroid dienone is 3. The first kappa shape index (κ1) is 26.7. The zero-order valence-electron chi connectivity index (χ0n) is 22.0. The molecule has 2 atom stereocenters. The van der Waals surface area contributed by atoms with Gasteiger partial charge in [-0.25, -0.2) is 18.7 Å². The van der Waals surface area contributed by atoms with Crippen LogP contribution in [0.15, 0.2) is 48.1 Å². The third kappa shape index (κ3) is 5.97. The Morgan fingerprint density at radius 2 is 1.84 bits per heavy atom. The molecular weight excluding hydrogens is 476 g/mol. The molecule has 2 aliphatic heterocycles. The smallest absolute Gasteiger partial charge is 0.219 e. The number of hydrogen-bond donors (Lipinski definition) is 0. The molecule has 2 aromatic heterocycles. The van der Waals surface area contributed by atoms with Crippen LogP contribution >= 0.6 is 0 Å². The van der Waals surface area contributed by atoms with Crippen molar-refractivity contribution in [2.24, 2.45) is 5.92 Å². The molecule has 0 radical (unpaired) electrons. The van der Waals surface area contributed by atoms with Crippen molar-refractivity contribution in [3.63, 3.8) is 0 Å². The lowest BCUT2D eigenvalue weighted by Crippen LogP contribution is -2.39. The number of alkyl halides is 1. The van der Waals surface area contributed by atoms with E-state index in [-0.39, 0.29) is 17.8 Å². The lowest BCUT2D eigenvalue weighted by Gasteiger charge is -2.35. The van der Waals surface area contributed by atoms with Crippen molar-refractivity contribution >= 4 is 11.7 Å². The number of hydrogen-bond acceptors (Lipinski definition) is 6. The molecule has 5 rings (SSSR count). The maximum atomic E-state index is 14.2. The standard InChI is InChI=1S/C26H29F2N5O2.C2H6/c1-16-13-24(20(28)14-19(16)27)35-18-6-10-32(11-7-18)26-25(22-5-3-4-9-29-22)30-23-15-33(17(2)34)12-8-21(23)31-26;1-2/h3-5,9,13-14,16,18-19H,6-8,10-12,15H2,1-2H3;1-2H3/t16?,19-;/m0./s1. The van der Waals surface area contributed by atoms with Gasteiger partial charge in [-0.05, 0) is 24.3 Å². The third-order valence-corrected chi connectivity index (χ3v) is 6.84. The SMILES string of the molecule is CC.CC(=O)N1CCc2nc(N3CCC(OC4=CC(C)[C@@H](F)C=C4F)CC3)c(-c3ccccn3)nc2C1. The normalized spacial score (nSPS) is 21.8. The minimum Gasteiger partial charge on any atom is -0.488 e. The number of anilines is 1. The van der Waals surface area contributed by atoms with E-state index in [1.54, 1.807) is 24.9 Å². The van der Waals surface area contributed by atoms with Crippen LogP contribution in [0, 0.1) is 5.92 Å². The topological polar surface area (TPSA) is 71.5 Å². The molecular formula is C28H35F2N5O2. The number of nitrogens with zero attached hydrogens (tertiary/aromatic N) is 5. The lowest BCUT2D eigenvalue weighted by molar-refractivity contribution is -0.129. The van der Waals surface area contributed by atoms with Gasteiger partial charge in [0.1, 0.15) is 18.0 Å². The summed E-state index contributed by atoms with van der Waals surface area (Å²) in [6.07, 6.45) is 4.78. The Labute approximate surface area is 217 Å². The van der Waals surface area contributed by atoms with Crippen molar-refractivity contribution in [1.29, 1.82) is 0 Å². The molecule has 0 N–H and O–H groups in total. The first-order valence-corrected chi connectivity index (χ1v) is 13.1. The average molecular weight is 512 g/mol. The second-order valence-electron chi connectivity index (χ2n) is 9.35. The number of ether oxygens (including phenoxy) is 1. The van der Waals surface area contributed by atoms with Crippen molar-refractivity contribution in [3.8, 4) is 11.4 Å². The van der Waals surface area contributed by atoms with Crippen molar-refractivity contribution in [2.75, 3.05) is 24.5 Å². The van der Waals surface area contributed by atoms with E-state index in [2.05, 4.69) is 9.88 Å². The van der Waals surface area contributed by atoms with E-state index in [4.69, 9.17) is 14.7 Å². The maximum Gasteiger partial charge on any atom is 0.219 e. The highest BCUT2D eigenvalue weighted by Gasteiger charge is 2.30. The molecule has 0 bridgehead atoms. The maximum absolute atomic E-state index is 14.2. The number of carbonyl (C=O) groups is 1. The largest absolute Gasteiger partial charge is 0.488 e. The monoisotopic (exact) mass is 511 g/mol. The summed E-state index contributed by atoms with van der Waals surface area (Å²) < 4.78 is 33.9. The Morgan fingerprint density at radius 1 is 1.08 bits per heavy atom. The summed E-state index contributed by atoms with van der Waals surface area (Å²) in [5.74, 6) is -0.0960. The molecule has 1 fully saturated rings. The van der Waals surface area contributed by atoms with Gasteiger partial charge in [0.2, 0.25) is 5.91 Å². The lowest BCUT2D eigenvalue weighted by atomic mass is 9.99. The Morgan fingerprint density at radius 3 is 2.51 bits per heavy atom. The summed E-state index contributed by atoms with van der Waals surface area (Å²) in [6, 6.07) is 5.68. The average Bonchev–Trinajstić information content (AvgIpc) is 2.92. The zero-order chi connectivity index (χ0) is 26.5. The van der Waals surface area contributed by atoms with Crippen LogP contribution in [-0.4, -0.2) is 57.7 Å². The molecule has 0 spiro atoms. The van der Waals surface area contributed by atoms with Crippen LogP contribution in [0.5, 0.6) is 0 Å². The molecule has 0 aromatic carbocycles. The number of carbonyl (C=O) groups excluding carboxylic acids is 1. The van der Waals surface area contributed by atoms with Gasteiger partial charge in [0, 0.05) is 57.9 Å². The number of piperidine rings is 1. The number of amides is 1. The Kier molecular flexibility index (Phi) is 8.51. The summed E-state index contributed by atoms with van der Waals surface area (Å²) in [4.78, 5) is 30.3. The molecule has 1 unspecified atom stereocenters. The highest BCUT2D eigenvalue weighted by Crippen LogP contribution is 2.33. The summed E-state index contributed by atoms with van der Waals surface area (Å²) in [5, 5.41) is 0. The molecule has 7 nitrogen and oxygen atoms in total. The van der Waals surface area contributed by atoms with Gasteiger partial charge in [0.25, 0.3) is 0 Å². The Hall–Kier alpha value is -3.36. The summed E-state index contributed by atoms with van der Waals surface area (Å²) in [6.45, 7) is 9.68. The Balaban J connectivity index is 0.00000156. The number of aromatic nitrogens is 3. The van der Waals surface area contributed by atoms with E-state index in [1.165, 1.54) is 6.08 Å². The highest BCUT2D eigenvalue weighted by atomic mass is 19.1. The van der Waals surface area contributed by atoms with Crippen molar-refractivity contribution in [1.82, 2.24) is 19.9 Å². The van der Waals surface area contributed by atoms with Crippen LogP contribution in [0.2, 0.25) is 0 Å². The van der Waals surface area contributed by atoms with Crippen molar-refractivity contribution in [3.05, 3.63) is 59.5 Å². The number of pyridine rings is 1. The van der Waals surface area contributed by atoms with Gasteiger partial charge in [0.15, 0.2) is 17.4 Å². The number of rotatable bonds is 4. The number of fused-ring (bicyclic) bond motifs is 1. The van der Waals surface area contributed by atoms with E-state index < -0.39 is 17.9 Å². The van der Waals surface area contributed by atoms with E-state index in [9.17, 15) is 13.6 Å². The second-order valence-corrected chi connectivity index (χ2v) is 9.35. The van der Waals surface area contributed by atoms with Crippen LogP contribution < -0.4 is 4.90 Å². The van der Waals surface area contributed by atoms with Crippen LogP contribution in [0.1, 0.15) is 51.9 Å². The quantitative estimate of drug-likeness (QED) is 0.563. The van der Waals surface area contributed by atoms with Crippen LogP contribution in [-0.2, 0) is 22.5 Å². The van der Waals surface area contributed by atoms with Gasteiger partial charge < -0.3 is 14.5 Å². The van der Waals surface area contributed by atoms with Crippen LogP contribution in [0.4, 0.5) is 14.6 Å². The minimum atomic E-state index is -1.32. The first-order valence-electron chi connectivity index (χ1n) is 13.1. The minimum absolute atomic E-state index is 0.0266. The molecule has 2 aromatic rings. The van der Waals surface area contributed by atoms with Gasteiger partial charge in [-0.1, -0.05) is 26.8 Å². The van der Waals surface area contributed by atoms with Gasteiger partial charge in [-0.3, -0.25) is 9.78 Å². The van der Waals surface area contributed by atoms with E-state index in [0.717, 1.165) is 29.0 Å². The molecule has 198 valence electrons. The summed E-state index contributed by atoms with van der Waals surface area (Å²) >= 11 is 0. The van der Waals surface area contributed by atoms with Crippen LogP contribution in [0.3, 0.4) is 0 Å². The van der Waals surface area contributed by atoms with E-state index in [0.29, 0.717) is 51.1 Å². The first-order chi connectivity index (χ1) is 17.9. The molecule has 37 heavy (non-hydrogen) atoms. The molecule has 0 saturated carbocycles. The van der Waals surface area contributed by atoms with E-state index >= 15 is 0 Å². The molecule has 4 heterocycles. The molecule has 1 saturated heterocycles. The van der Waals surface area contributed by atoms with Gasteiger partial charge in [-0.15, -0.1) is 0 Å². The number of halogens is 2. The van der Waals surface area contributed by atoms with Gasteiger partial charge >= 0.3 is 0 Å². The second kappa shape index (κ2) is 11.8. The van der Waals surface area contributed by atoms with Gasteiger partial charge in [0.05, 0.1) is 23.6 Å². The van der Waals surface area contributed by atoms with Crippen molar-refractivity contribution in [2.45, 2.75) is 65.8 Å². The van der Waals surface area contributed by atoms with Crippen LogP contribution in [0.25, 0.3) is 11.4 Å². The van der Waals surface area contributed by atoms with Gasteiger partial charge in [-0.2, -0.15) is 0 Å². The predicted octanol–water partition coefficient (Wildman–Crippen LogP) is 5.18. The highest BCUT2D eigenvalue weighted by molar-refractivity contribution is 5.74. The molecule has 1 amide bonds. The Bertz CT molecular complexity index is 1160. The third-order valence-electron chi connectivity index (χ3n) is 6.84. The van der Waals surface area contributed by atoms with E-state index in [1.807, 2.05) is 32.0 Å². The summed E-state index contributed by atoms with van der Waals surface area (Å²) in [5.41, 5.74) is 3.14. The summed E-state index contributed by atoms with van der Waals surface area (Å²) in [7, 11) is 0. The predicted molar refractivity (Wildman–Crippen MR) is 139 cm³/mol.